The first kappa shape index (κ1) is 17.6. The molecule has 1 aliphatic rings. The molecule has 128 valence electrons. The molecule has 1 aromatic carbocycles. The zero-order valence-corrected chi connectivity index (χ0v) is 16.2. The van der Waals surface area contributed by atoms with E-state index in [4.69, 9.17) is 0 Å². The van der Waals surface area contributed by atoms with Gasteiger partial charge in [0.05, 0.1) is 12.2 Å². The molecule has 0 radical (unpaired) electrons. The van der Waals surface area contributed by atoms with E-state index in [1.807, 2.05) is 36.7 Å². The summed E-state index contributed by atoms with van der Waals surface area (Å²) in [7, 11) is 2.05. The summed E-state index contributed by atoms with van der Waals surface area (Å²) in [5.74, 6) is 0.0137. The van der Waals surface area contributed by atoms with Gasteiger partial charge in [-0.15, -0.1) is 11.3 Å². The van der Waals surface area contributed by atoms with Crippen LogP contribution in [0.2, 0.25) is 0 Å². The monoisotopic (exact) mass is 407 g/mol. The molecule has 0 unspecified atom stereocenters. The van der Waals surface area contributed by atoms with Crippen molar-refractivity contribution < 1.29 is 4.79 Å². The van der Waals surface area contributed by atoms with Crippen LogP contribution in [-0.2, 0) is 4.79 Å². The molecule has 0 aliphatic heterocycles. The highest BCUT2D eigenvalue weighted by Crippen LogP contribution is 2.26. The normalized spacial score (nSPS) is 15.6. The molecule has 0 atom stereocenters. The summed E-state index contributed by atoms with van der Waals surface area (Å²) in [4.78, 5) is 19.0. The van der Waals surface area contributed by atoms with Crippen molar-refractivity contribution >= 4 is 38.3 Å². The summed E-state index contributed by atoms with van der Waals surface area (Å²) in [6, 6.07) is 8.56. The zero-order chi connectivity index (χ0) is 16.9. The number of benzene rings is 1. The third kappa shape index (κ3) is 4.65. The maximum Gasteiger partial charge on any atom is 0.240 e. The van der Waals surface area contributed by atoms with Crippen molar-refractivity contribution in [3.8, 4) is 11.3 Å². The lowest BCUT2D eigenvalue weighted by atomic mass is 9.94. The van der Waals surface area contributed by atoms with Crippen LogP contribution in [0.25, 0.3) is 11.3 Å². The van der Waals surface area contributed by atoms with Crippen LogP contribution in [0.15, 0.2) is 34.1 Å². The fourth-order valence-corrected chi connectivity index (χ4v) is 4.12. The minimum Gasteiger partial charge on any atom is -0.301 e. The van der Waals surface area contributed by atoms with Crippen molar-refractivity contribution in [2.24, 2.45) is 0 Å². The Balaban J connectivity index is 1.56. The summed E-state index contributed by atoms with van der Waals surface area (Å²) in [5.41, 5.74) is 1.94. The van der Waals surface area contributed by atoms with Crippen molar-refractivity contribution in [2.45, 2.75) is 38.1 Å². The minimum absolute atomic E-state index is 0.0137. The lowest BCUT2D eigenvalue weighted by Gasteiger charge is -2.30. The number of amides is 1. The van der Waals surface area contributed by atoms with Crippen molar-refractivity contribution in [2.75, 3.05) is 18.9 Å². The number of rotatable bonds is 5. The van der Waals surface area contributed by atoms with Gasteiger partial charge >= 0.3 is 0 Å². The lowest BCUT2D eigenvalue weighted by molar-refractivity contribution is -0.117. The van der Waals surface area contributed by atoms with Gasteiger partial charge in [-0.1, -0.05) is 47.3 Å². The standard InChI is InChI=1S/C18H22BrN3OS/c1-22(15-5-3-2-4-6-15)11-17(23)21-18-20-16(12-24-18)13-7-9-14(19)10-8-13/h7-10,12,15H,2-6,11H2,1H3,(H,20,21,23). The first-order valence-corrected chi connectivity index (χ1v) is 10.0. The topological polar surface area (TPSA) is 45.2 Å². The first-order valence-electron chi connectivity index (χ1n) is 8.33. The molecular weight excluding hydrogens is 386 g/mol. The fraction of sp³-hybridized carbons (Fsp3) is 0.444. The van der Waals surface area contributed by atoms with Gasteiger partial charge in [-0.2, -0.15) is 0 Å². The summed E-state index contributed by atoms with van der Waals surface area (Å²) >= 11 is 4.90. The van der Waals surface area contributed by atoms with Gasteiger partial charge in [0.2, 0.25) is 5.91 Å². The molecule has 1 aromatic heterocycles. The molecule has 1 aliphatic carbocycles. The second kappa shape index (κ2) is 8.23. The van der Waals surface area contributed by atoms with Gasteiger partial charge in [0.1, 0.15) is 0 Å². The average Bonchev–Trinajstić information content (AvgIpc) is 3.04. The Morgan fingerprint density at radius 1 is 1.29 bits per heavy atom. The highest BCUT2D eigenvalue weighted by atomic mass is 79.9. The number of hydrogen-bond acceptors (Lipinski definition) is 4. The van der Waals surface area contributed by atoms with Crippen LogP contribution < -0.4 is 5.32 Å². The molecule has 3 rings (SSSR count). The Kier molecular flexibility index (Phi) is 6.03. The second-order valence-corrected chi connectivity index (χ2v) is 8.07. The highest BCUT2D eigenvalue weighted by Gasteiger charge is 2.20. The molecule has 0 bridgehead atoms. The number of likely N-dealkylation sites (N-methyl/N-ethyl adjacent to an activating group) is 1. The lowest BCUT2D eigenvalue weighted by Crippen LogP contribution is -2.39. The van der Waals surface area contributed by atoms with E-state index in [-0.39, 0.29) is 5.91 Å². The predicted octanol–water partition coefficient (Wildman–Crippen LogP) is 4.78. The van der Waals surface area contributed by atoms with E-state index < -0.39 is 0 Å². The highest BCUT2D eigenvalue weighted by molar-refractivity contribution is 9.10. The second-order valence-electron chi connectivity index (χ2n) is 6.30. The molecule has 1 heterocycles. The fourth-order valence-electron chi connectivity index (χ4n) is 3.12. The van der Waals surface area contributed by atoms with Crippen LogP contribution in [-0.4, -0.2) is 35.4 Å². The largest absolute Gasteiger partial charge is 0.301 e. The quantitative estimate of drug-likeness (QED) is 0.775. The number of anilines is 1. The van der Waals surface area contributed by atoms with E-state index in [1.54, 1.807) is 0 Å². The molecule has 1 saturated carbocycles. The number of carbonyl (C=O) groups excluding carboxylic acids is 1. The Bertz CT molecular complexity index is 680. The molecule has 6 heteroatoms. The predicted molar refractivity (Wildman–Crippen MR) is 103 cm³/mol. The van der Waals surface area contributed by atoms with Crippen LogP contribution in [0, 0.1) is 0 Å². The van der Waals surface area contributed by atoms with Crippen LogP contribution >= 0.6 is 27.3 Å². The van der Waals surface area contributed by atoms with Crippen molar-refractivity contribution in [1.82, 2.24) is 9.88 Å². The van der Waals surface area contributed by atoms with Gasteiger partial charge in [0, 0.05) is 21.5 Å². The Labute approximate surface area is 155 Å². The minimum atomic E-state index is 0.0137. The van der Waals surface area contributed by atoms with Gasteiger partial charge in [-0.3, -0.25) is 9.69 Å². The van der Waals surface area contributed by atoms with Gasteiger partial charge < -0.3 is 5.32 Å². The molecular formula is C18H22BrN3OS. The molecule has 1 fully saturated rings. The number of aromatic nitrogens is 1. The molecule has 2 aromatic rings. The average molecular weight is 408 g/mol. The van der Waals surface area contributed by atoms with Crippen molar-refractivity contribution in [1.29, 1.82) is 0 Å². The Morgan fingerprint density at radius 2 is 2.00 bits per heavy atom. The molecule has 24 heavy (non-hydrogen) atoms. The number of carbonyl (C=O) groups is 1. The Hall–Kier alpha value is -1.24. The van der Waals surface area contributed by atoms with Gasteiger partial charge in [0.25, 0.3) is 0 Å². The summed E-state index contributed by atoms with van der Waals surface area (Å²) in [5, 5.41) is 5.57. The van der Waals surface area contributed by atoms with Crippen LogP contribution in [0.1, 0.15) is 32.1 Å². The summed E-state index contributed by atoms with van der Waals surface area (Å²) < 4.78 is 1.04. The molecule has 1 N–H and O–H groups in total. The van der Waals surface area contributed by atoms with Crippen molar-refractivity contribution in [3.63, 3.8) is 0 Å². The summed E-state index contributed by atoms with van der Waals surface area (Å²) in [6.45, 7) is 0.428. The van der Waals surface area contributed by atoms with E-state index in [0.717, 1.165) is 15.7 Å². The first-order chi connectivity index (χ1) is 11.6. The van der Waals surface area contributed by atoms with Gasteiger partial charge in [-0.25, -0.2) is 4.98 Å². The number of thiazole rings is 1. The van der Waals surface area contributed by atoms with Crippen LogP contribution in [0.3, 0.4) is 0 Å². The van der Waals surface area contributed by atoms with E-state index in [2.05, 4.69) is 31.1 Å². The molecule has 0 spiro atoms. The molecule has 1 amide bonds. The van der Waals surface area contributed by atoms with Crippen LogP contribution in [0.5, 0.6) is 0 Å². The van der Waals surface area contributed by atoms with E-state index >= 15 is 0 Å². The van der Waals surface area contributed by atoms with Gasteiger partial charge in [-0.05, 0) is 32.0 Å². The van der Waals surface area contributed by atoms with E-state index in [1.165, 1.54) is 43.4 Å². The SMILES string of the molecule is CN(CC(=O)Nc1nc(-c2ccc(Br)cc2)cs1)C1CCCCC1. The Morgan fingerprint density at radius 3 is 2.71 bits per heavy atom. The number of hydrogen-bond donors (Lipinski definition) is 1. The zero-order valence-electron chi connectivity index (χ0n) is 13.8. The van der Waals surface area contributed by atoms with Crippen molar-refractivity contribution in [3.05, 3.63) is 34.1 Å². The summed E-state index contributed by atoms with van der Waals surface area (Å²) in [6.07, 6.45) is 6.29. The maximum absolute atomic E-state index is 12.3. The van der Waals surface area contributed by atoms with Crippen LogP contribution in [0.4, 0.5) is 5.13 Å². The number of nitrogens with one attached hydrogen (secondary N) is 1. The third-order valence-electron chi connectivity index (χ3n) is 4.48. The third-order valence-corrected chi connectivity index (χ3v) is 5.77. The number of halogens is 1. The maximum atomic E-state index is 12.3. The van der Waals surface area contributed by atoms with Gasteiger partial charge in [0.15, 0.2) is 5.13 Å². The van der Waals surface area contributed by atoms with E-state index in [9.17, 15) is 4.79 Å². The molecule has 4 nitrogen and oxygen atoms in total. The molecule has 0 saturated heterocycles. The number of nitrogens with zero attached hydrogens (tertiary/aromatic N) is 2. The van der Waals surface area contributed by atoms with E-state index in [0.29, 0.717) is 17.7 Å². The smallest absolute Gasteiger partial charge is 0.240 e.